The lowest BCUT2D eigenvalue weighted by Gasteiger charge is -2.18. The fraction of sp³-hybridized carbons (Fsp3) is 0.238. The Balaban J connectivity index is 2.01. The molecule has 0 fully saturated rings. The molecule has 1 N–H and O–H groups in total. The SMILES string of the molecule is CCN(CC(=O)Nc1cccc(OC)c1)C(=O)/C=C/c1ccccc1OC(F)F. The summed E-state index contributed by atoms with van der Waals surface area (Å²) in [5, 5.41) is 2.70. The molecule has 0 heterocycles. The maximum absolute atomic E-state index is 12.5. The molecule has 0 saturated heterocycles. The highest BCUT2D eigenvalue weighted by molar-refractivity contribution is 5.98. The number of amides is 2. The molecule has 0 spiro atoms. The van der Waals surface area contributed by atoms with Crippen LogP contribution in [0, 0.1) is 0 Å². The molecule has 2 aromatic rings. The monoisotopic (exact) mass is 404 g/mol. The summed E-state index contributed by atoms with van der Waals surface area (Å²) in [7, 11) is 1.52. The normalized spacial score (nSPS) is 10.8. The lowest BCUT2D eigenvalue weighted by molar-refractivity contribution is -0.130. The second-order valence-electron chi connectivity index (χ2n) is 5.88. The van der Waals surface area contributed by atoms with Crippen molar-refractivity contribution in [2.24, 2.45) is 0 Å². The van der Waals surface area contributed by atoms with Gasteiger partial charge in [0.05, 0.1) is 7.11 Å². The summed E-state index contributed by atoms with van der Waals surface area (Å²) in [5.41, 5.74) is 0.879. The minimum absolute atomic E-state index is 0.0367. The van der Waals surface area contributed by atoms with Crippen molar-refractivity contribution in [1.29, 1.82) is 0 Å². The van der Waals surface area contributed by atoms with Crippen LogP contribution < -0.4 is 14.8 Å². The highest BCUT2D eigenvalue weighted by Crippen LogP contribution is 2.21. The number of halogens is 2. The standard InChI is InChI=1S/C21H22F2N2O4/c1-3-25(14-19(26)24-16-8-6-9-17(13-16)28-2)20(27)12-11-15-7-4-5-10-18(15)29-21(22)23/h4-13,21H,3,14H2,1-2H3,(H,24,26)/b12-11+. The predicted molar refractivity (Wildman–Crippen MR) is 106 cm³/mol. The van der Waals surface area contributed by atoms with E-state index in [1.54, 1.807) is 49.4 Å². The Hall–Kier alpha value is -3.42. The number of alkyl halides is 2. The highest BCUT2D eigenvalue weighted by Gasteiger charge is 2.14. The van der Waals surface area contributed by atoms with Gasteiger partial charge in [-0.15, -0.1) is 0 Å². The van der Waals surface area contributed by atoms with E-state index in [1.165, 1.54) is 30.2 Å². The molecule has 6 nitrogen and oxygen atoms in total. The van der Waals surface area contributed by atoms with Crippen molar-refractivity contribution in [3.8, 4) is 11.5 Å². The van der Waals surface area contributed by atoms with E-state index in [-0.39, 0.29) is 18.2 Å². The Morgan fingerprint density at radius 1 is 1.17 bits per heavy atom. The highest BCUT2D eigenvalue weighted by atomic mass is 19.3. The number of para-hydroxylation sites is 1. The van der Waals surface area contributed by atoms with E-state index in [0.29, 0.717) is 23.5 Å². The average Bonchev–Trinajstić information content (AvgIpc) is 2.70. The van der Waals surface area contributed by atoms with Crippen LogP contribution in [0.1, 0.15) is 12.5 Å². The summed E-state index contributed by atoms with van der Waals surface area (Å²) in [6.45, 7) is -1.10. The van der Waals surface area contributed by atoms with Crippen LogP contribution >= 0.6 is 0 Å². The molecule has 0 aliphatic rings. The van der Waals surface area contributed by atoms with Crippen LogP contribution in [0.15, 0.2) is 54.6 Å². The number of likely N-dealkylation sites (N-methyl/N-ethyl adjacent to an activating group) is 1. The minimum atomic E-state index is -2.97. The van der Waals surface area contributed by atoms with E-state index in [1.807, 2.05) is 0 Å². The largest absolute Gasteiger partial charge is 0.497 e. The van der Waals surface area contributed by atoms with E-state index in [4.69, 9.17) is 4.74 Å². The molecule has 8 heteroatoms. The second kappa shape index (κ2) is 10.8. The molecule has 0 bridgehead atoms. The molecule has 2 aromatic carbocycles. The predicted octanol–water partition coefficient (Wildman–Crippen LogP) is 3.80. The number of carbonyl (C=O) groups excluding carboxylic acids is 2. The summed E-state index contributed by atoms with van der Waals surface area (Å²) in [4.78, 5) is 26.0. The van der Waals surface area contributed by atoms with Gasteiger partial charge < -0.3 is 19.7 Å². The van der Waals surface area contributed by atoms with Gasteiger partial charge in [0.1, 0.15) is 18.0 Å². The van der Waals surface area contributed by atoms with E-state index in [2.05, 4.69) is 10.1 Å². The van der Waals surface area contributed by atoms with E-state index >= 15 is 0 Å². The smallest absolute Gasteiger partial charge is 0.387 e. The first-order valence-electron chi connectivity index (χ1n) is 8.87. The Labute approximate surface area is 167 Å². The summed E-state index contributed by atoms with van der Waals surface area (Å²) in [6, 6.07) is 13.0. The van der Waals surface area contributed by atoms with Gasteiger partial charge in [0, 0.05) is 29.9 Å². The van der Waals surface area contributed by atoms with Crippen molar-refractivity contribution in [3.05, 3.63) is 60.2 Å². The molecule has 0 saturated carbocycles. The average molecular weight is 404 g/mol. The van der Waals surface area contributed by atoms with Gasteiger partial charge in [-0.3, -0.25) is 9.59 Å². The van der Waals surface area contributed by atoms with Crippen LogP contribution in [0.3, 0.4) is 0 Å². The molecule has 0 aliphatic heterocycles. The number of ether oxygens (including phenoxy) is 2. The van der Waals surface area contributed by atoms with Gasteiger partial charge >= 0.3 is 6.61 Å². The third kappa shape index (κ3) is 6.91. The van der Waals surface area contributed by atoms with Gasteiger partial charge in [-0.1, -0.05) is 24.3 Å². The molecular weight excluding hydrogens is 382 g/mol. The maximum atomic E-state index is 12.5. The van der Waals surface area contributed by atoms with Crippen LogP contribution in [0.25, 0.3) is 6.08 Å². The zero-order valence-corrected chi connectivity index (χ0v) is 16.1. The molecule has 154 valence electrons. The number of anilines is 1. The topological polar surface area (TPSA) is 67.9 Å². The van der Waals surface area contributed by atoms with Crippen LogP contribution in [0.5, 0.6) is 11.5 Å². The Kier molecular flexibility index (Phi) is 8.14. The molecule has 2 rings (SSSR count). The van der Waals surface area contributed by atoms with Crippen LogP contribution in [0.4, 0.5) is 14.5 Å². The van der Waals surface area contributed by atoms with Crippen molar-refractivity contribution in [1.82, 2.24) is 4.90 Å². The number of hydrogen-bond acceptors (Lipinski definition) is 4. The number of hydrogen-bond donors (Lipinski definition) is 1. The number of nitrogens with one attached hydrogen (secondary N) is 1. The summed E-state index contributed by atoms with van der Waals surface area (Å²) in [5.74, 6) is -0.243. The van der Waals surface area contributed by atoms with Crippen molar-refractivity contribution < 1.29 is 27.8 Å². The van der Waals surface area contributed by atoms with Crippen LogP contribution in [-0.2, 0) is 9.59 Å². The second-order valence-corrected chi connectivity index (χ2v) is 5.88. The molecule has 29 heavy (non-hydrogen) atoms. The van der Waals surface area contributed by atoms with Gasteiger partial charge in [-0.25, -0.2) is 0 Å². The first-order valence-corrected chi connectivity index (χ1v) is 8.87. The molecule has 0 unspecified atom stereocenters. The van der Waals surface area contributed by atoms with E-state index in [9.17, 15) is 18.4 Å². The van der Waals surface area contributed by atoms with E-state index in [0.717, 1.165) is 0 Å². The van der Waals surface area contributed by atoms with Crippen molar-refractivity contribution in [2.75, 3.05) is 25.5 Å². The van der Waals surface area contributed by atoms with Gasteiger partial charge in [-0.2, -0.15) is 8.78 Å². The summed E-state index contributed by atoms with van der Waals surface area (Å²) < 4.78 is 34.5. The van der Waals surface area contributed by atoms with Crippen LogP contribution in [-0.4, -0.2) is 43.5 Å². The quantitative estimate of drug-likeness (QED) is 0.646. The van der Waals surface area contributed by atoms with Crippen molar-refractivity contribution >= 4 is 23.6 Å². The molecule has 0 aliphatic carbocycles. The number of methoxy groups -OCH3 is 1. The lowest BCUT2D eigenvalue weighted by Crippen LogP contribution is -2.36. The minimum Gasteiger partial charge on any atom is -0.497 e. The van der Waals surface area contributed by atoms with Gasteiger partial charge in [0.15, 0.2) is 0 Å². The summed E-state index contributed by atoms with van der Waals surface area (Å²) in [6.07, 6.45) is 2.60. The number of rotatable bonds is 9. The number of carbonyl (C=O) groups is 2. The Morgan fingerprint density at radius 3 is 2.62 bits per heavy atom. The third-order valence-corrected chi connectivity index (χ3v) is 3.92. The lowest BCUT2D eigenvalue weighted by atomic mass is 10.2. The first-order chi connectivity index (χ1) is 13.9. The van der Waals surface area contributed by atoms with Crippen molar-refractivity contribution in [2.45, 2.75) is 13.5 Å². The third-order valence-electron chi connectivity index (χ3n) is 3.92. The fourth-order valence-corrected chi connectivity index (χ4v) is 2.51. The molecule has 0 atom stereocenters. The van der Waals surface area contributed by atoms with E-state index < -0.39 is 12.5 Å². The molecular formula is C21H22F2N2O4. The molecule has 0 radical (unpaired) electrons. The van der Waals surface area contributed by atoms with Gasteiger partial charge in [-0.05, 0) is 31.2 Å². The summed E-state index contributed by atoms with van der Waals surface area (Å²) >= 11 is 0. The van der Waals surface area contributed by atoms with Gasteiger partial charge in [0.25, 0.3) is 0 Å². The zero-order chi connectivity index (χ0) is 21.2. The van der Waals surface area contributed by atoms with Crippen molar-refractivity contribution in [3.63, 3.8) is 0 Å². The Bertz CT molecular complexity index is 871. The molecule has 0 aromatic heterocycles. The number of benzene rings is 2. The zero-order valence-electron chi connectivity index (χ0n) is 16.1. The van der Waals surface area contributed by atoms with Crippen LogP contribution in [0.2, 0.25) is 0 Å². The Morgan fingerprint density at radius 2 is 1.93 bits per heavy atom. The molecule has 2 amide bonds. The van der Waals surface area contributed by atoms with Gasteiger partial charge in [0.2, 0.25) is 11.8 Å². The maximum Gasteiger partial charge on any atom is 0.387 e. The fourth-order valence-electron chi connectivity index (χ4n) is 2.51. The number of nitrogens with zero attached hydrogens (tertiary/aromatic N) is 1. The first kappa shape index (κ1) is 21.9.